The summed E-state index contributed by atoms with van der Waals surface area (Å²) < 4.78 is 80.0. The molecule has 0 N–H and O–H groups in total. The summed E-state index contributed by atoms with van der Waals surface area (Å²) in [4.78, 5) is 38.5. The lowest BCUT2D eigenvalue weighted by molar-refractivity contribution is 0.0260. The molecule has 0 radical (unpaired) electrons. The molecule has 1 saturated carbocycles. The van der Waals surface area contributed by atoms with Gasteiger partial charge in [-0.15, -0.1) is 22.7 Å². The second kappa shape index (κ2) is 24.8. The first-order valence-corrected chi connectivity index (χ1v) is 33.6. The minimum atomic E-state index is -3.29. The maximum atomic E-state index is 12.2. The monoisotopic (exact) mass is 1150 g/mol. The van der Waals surface area contributed by atoms with E-state index in [1.807, 2.05) is 19.1 Å². The lowest BCUT2D eigenvalue weighted by Crippen LogP contribution is -2.42. The van der Waals surface area contributed by atoms with Gasteiger partial charge in [0.05, 0.1) is 65.8 Å². The number of rotatable bonds is 15. The average Bonchev–Trinajstić information content (AvgIpc) is 4.12. The maximum Gasteiger partial charge on any atom is 0.226 e. The second-order valence-electron chi connectivity index (χ2n) is 21.7. The number of sulfone groups is 2. The number of fused-ring (bicyclic) bond motifs is 2. The maximum absolute atomic E-state index is 12.2. The number of likely N-dealkylation sites (tertiary alicyclic amines) is 1. The zero-order valence-corrected chi connectivity index (χ0v) is 49.3. The summed E-state index contributed by atoms with van der Waals surface area (Å²) in [6.45, 7) is 11.7. The van der Waals surface area contributed by atoms with Crippen molar-refractivity contribution in [3.8, 4) is 45.8 Å². The van der Waals surface area contributed by atoms with Crippen LogP contribution in [0.4, 0.5) is 11.9 Å². The summed E-state index contributed by atoms with van der Waals surface area (Å²) in [6, 6.07) is 4.36. The van der Waals surface area contributed by atoms with E-state index in [0.29, 0.717) is 54.0 Å². The van der Waals surface area contributed by atoms with Crippen molar-refractivity contribution >= 4 is 74.7 Å². The van der Waals surface area contributed by atoms with Crippen molar-refractivity contribution in [1.29, 1.82) is 0 Å². The average molecular weight is 1150 g/mol. The van der Waals surface area contributed by atoms with Gasteiger partial charge in [0.25, 0.3) is 0 Å². The number of nitrogens with zero attached hydrogens (tertiary/aromatic N) is 9. The van der Waals surface area contributed by atoms with Crippen LogP contribution in [0.15, 0.2) is 24.5 Å². The summed E-state index contributed by atoms with van der Waals surface area (Å²) in [7, 11) is -3.57. The fraction of sp³-hybridized carbons (Fsp3) is 0.607. The highest BCUT2D eigenvalue weighted by molar-refractivity contribution is 7.90. The van der Waals surface area contributed by atoms with E-state index in [2.05, 4.69) is 31.6 Å². The number of piperidine rings is 3. The summed E-state index contributed by atoms with van der Waals surface area (Å²) >= 11 is 3.24. The number of anilines is 2. The molecule has 6 aromatic heterocycles. The molecule has 18 nitrogen and oxygen atoms in total. The molecular weight excluding hydrogens is 1070 g/mol. The van der Waals surface area contributed by atoms with Gasteiger partial charge in [-0.25, -0.2) is 46.7 Å². The smallest absolute Gasteiger partial charge is 0.226 e. The van der Waals surface area contributed by atoms with E-state index in [1.54, 1.807) is 35.1 Å². The summed E-state index contributed by atoms with van der Waals surface area (Å²) in [6.07, 6.45) is 23.2. The zero-order valence-electron chi connectivity index (χ0n) is 46.1. The Balaban J connectivity index is 0.000000179. The Bertz CT molecular complexity index is 3290. The molecule has 10 heterocycles. The van der Waals surface area contributed by atoms with E-state index >= 15 is 0 Å². The quantitative estimate of drug-likeness (QED) is 0.0939. The van der Waals surface area contributed by atoms with Gasteiger partial charge >= 0.3 is 0 Å². The van der Waals surface area contributed by atoms with Crippen LogP contribution < -0.4 is 28.7 Å². The first kappa shape index (κ1) is 56.3. The standard InChI is InChI=1S/C31H43N5O4S2.C25H32N4O5S2/c1-21-28(40-25-12-10-24(11-13-25)35-14-6-4-7-15-35)27-29(41-21)26(33-31(34-27)36-16-8-5-9-17-36)22-18-23(20-42(3,37)38)30(39-2)32-19-22;1-16-22(34-19-7-11-33-12-8-19)21-23(35-16)20(27-25(28-21)29-9-5-4-6-10-29)17-13-18(15-36(3,30)31)24(32-2)26-14-17/h18-19,24-25H,4-17,20H2,1-3H3;13-14,19H,4-12,15H2,1-3H3. The topological polar surface area (TPSA) is 201 Å². The molecule has 0 aromatic carbocycles. The third kappa shape index (κ3) is 13.4. The van der Waals surface area contributed by atoms with Crippen molar-refractivity contribution in [2.75, 3.05) is 89.0 Å². The van der Waals surface area contributed by atoms with Crippen LogP contribution in [0.1, 0.15) is 117 Å². The lowest BCUT2D eigenvalue weighted by Gasteiger charge is -2.38. The van der Waals surface area contributed by atoms with E-state index < -0.39 is 19.7 Å². The molecule has 0 bridgehead atoms. The number of thiophene rings is 2. The molecule has 0 unspecified atom stereocenters. The molecule has 0 spiro atoms. The SMILES string of the molecule is COc1ncc(-c2nc(N3CCCCC3)nc3c(OC4CCC(N5CCCCC5)CC4)c(C)sc23)cc1CS(C)(=O)=O.COc1ncc(-c2nc(N3CCCCC3)nc3c(OC4CCOCC4)c(C)sc23)cc1CS(C)(=O)=O. The van der Waals surface area contributed by atoms with Gasteiger partial charge in [0, 0.05) is 102 Å². The van der Waals surface area contributed by atoms with Crippen LogP contribution in [-0.2, 0) is 35.9 Å². The van der Waals surface area contributed by atoms with Crippen molar-refractivity contribution in [3.63, 3.8) is 0 Å². The van der Waals surface area contributed by atoms with Gasteiger partial charge in [-0.1, -0.05) is 6.42 Å². The minimum Gasteiger partial charge on any atom is -0.487 e. The third-order valence-electron chi connectivity index (χ3n) is 15.5. The van der Waals surface area contributed by atoms with Crippen LogP contribution in [-0.4, -0.2) is 149 Å². The Hall–Kier alpha value is -5.00. The molecular formula is C56H75N9O9S4. The van der Waals surface area contributed by atoms with Crippen LogP contribution in [0.25, 0.3) is 42.9 Å². The fourth-order valence-electron chi connectivity index (χ4n) is 11.6. The van der Waals surface area contributed by atoms with Crippen molar-refractivity contribution in [2.24, 2.45) is 0 Å². The van der Waals surface area contributed by atoms with Crippen LogP contribution in [0.3, 0.4) is 0 Å². The number of pyridine rings is 2. The van der Waals surface area contributed by atoms with Crippen molar-refractivity contribution < 1.29 is 40.5 Å². The summed E-state index contributed by atoms with van der Waals surface area (Å²) in [5.41, 5.74) is 5.68. The van der Waals surface area contributed by atoms with Gasteiger partial charge in [-0.2, -0.15) is 0 Å². The van der Waals surface area contributed by atoms with Crippen molar-refractivity contribution in [1.82, 2.24) is 34.8 Å². The molecule has 0 amide bonds. The van der Waals surface area contributed by atoms with Crippen LogP contribution in [0.2, 0.25) is 0 Å². The van der Waals surface area contributed by atoms with Gasteiger partial charge < -0.3 is 38.4 Å². The van der Waals surface area contributed by atoms with E-state index in [-0.39, 0.29) is 23.7 Å². The van der Waals surface area contributed by atoms with Gasteiger partial charge in [0.15, 0.2) is 31.2 Å². The van der Waals surface area contributed by atoms with Crippen LogP contribution in [0, 0.1) is 13.8 Å². The van der Waals surface area contributed by atoms with Gasteiger partial charge in [-0.3, -0.25) is 0 Å². The molecule has 78 heavy (non-hydrogen) atoms. The molecule has 5 aliphatic rings. The number of hydrogen-bond donors (Lipinski definition) is 0. The molecule has 1 aliphatic carbocycles. The third-order valence-corrected chi connectivity index (χ3v) is 19.3. The Morgan fingerprint density at radius 2 is 0.974 bits per heavy atom. The predicted octanol–water partition coefficient (Wildman–Crippen LogP) is 9.94. The Kier molecular flexibility index (Phi) is 17.9. The van der Waals surface area contributed by atoms with Crippen LogP contribution in [0.5, 0.6) is 23.3 Å². The number of ether oxygens (including phenoxy) is 5. The van der Waals surface area contributed by atoms with Gasteiger partial charge in [0.2, 0.25) is 23.7 Å². The van der Waals surface area contributed by atoms with E-state index in [4.69, 9.17) is 43.6 Å². The lowest BCUT2D eigenvalue weighted by atomic mass is 9.90. The Morgan fingerprint density at radius 1 is 0.564 bits per heavy atom. The first-order chi connectivity index (χ1) is 37.6. The van der Waals surface area contributed by atoms with Crippen molar-refractivity contribution in [2.45, 2.75) is 140 Å². The largest absolute Gasteiger partial charge is 0.487 e. The highest BCUT2D eigenvalue weighted by atomic mass is 32.2. The molecule has 22 heteroatoms. The predicted molar refractivity (Wildman–Crippen MR) is 310 cm³/mol. The van der Waals surface area contributed by atoms with E-state index in [9.17, 15) is 16.8 Å². The van der Waals surface area contributed by atoms with Crippen LogP contribution >= 0.6 is 22.7 Å². The number of aryl methyl sites for hydroxylation is 2. The van der Waals surface area contributed by atoms with E-state index in [0.717, 1.165) is 142 Å². The molecule has 0 atom stereocenters. The van der Waals surface area contributed by atoms with Gasteiger partial charge in [0.1, 0.15) is 17.1 Å². The zero-order chi connectivity index (χ0) is 54.6. The Morgan fingerprint density at radius 3 is 1.38 bits per heavy atom. The number of methoxy groups -OCH3 is 2. The van der Waals surface area contributed by atoms with Crippen molar-refractivity contribution in [3.05, 3.63) is 45.4 Å². The second-order valence-corrected chi connectivity index (χ2v) is 28.4. The molecule has 11 rings (SSSR count). The molecule has 422 valence electrons. The summed E-state index contributed by atoms with van der Waals surface area (Å²) in [5, 5.41) is 0. The summed E-state index contributed by atoms with van der Waals surface area (Å²) in [5.74, 6) is 3.36. The van der Waals surface area contributed by atoms with E-state index in [1.165, 1.54) is 84.8 Å². The highest BCUT2D eigenvalue weighted by Crippen LogP contribution is 2.45. The Labute approximate surface area is 467 Å². The number of hydrogen-bond acceptors (Lipinski definition) is 20. The highest BCUT2D eigenvalue weighted by Gasteiger charge is 2.31. The van der Waals surface area contributed by atoms with Gasteiger partial charge in [-0.05, 0) is 116 Å². The normalized spacial score (nSPS) is 20.1. The minimum absolute atomic E-state index is 0.0936. The fourth-order valence-corrected chi connectivity index (χ4v) is 15.2. The molecule has 4 saturated heterocycles. The molecule has 6 aromatic rings. The molecule has 5 fully saturated rings. The molecule has 4 aliphatic heterocycles. The number of aromatic nitrogens is 6. The first-order valence-electron chi connectivity index (χ1n) is 27.8.